The monoisotopic (exact) mass is 309 g/mol. The second-order valence-corrected chi connectivity index (χ2v) is 5.98. The second-order valence-electron chi connectivity index (χ2n) is 4.21. The van der Waals surface area contributed by atoms with Crippen LogP contribution >= 0.6 is 27.3 Å². The lowest BCUT2D eigenvalue weighted by Crippen LogP contribution is -2.16. The zero-order valence-electron chi connectivity index (χ0n) is 10.3. The molecule has 0 saturated carbocycles. The van der Waals surface area contributed by atoms with Gasteiger partial charge in [-0.25, -0.2) is 0 Å². The predicted octanol–water partition coefficient (Wildman–Crippen LogP) is 4.44. The molecule has 1 N–H and O–H groups in total. The largest absolute Gasteiger partial charge is 0.309 e. The van der Waals surface area contributed by atoms with Gasteiger partial charge in [0, 0.05) is 9.35 Å². The van der Waals surface area contributed by atoms with Crippen LogP contribution in [0.3, 0.4) is 0 Å². The molecule has 0 amide bonds. The van der Waals surface area contributed by atoms with Crippen molar-refractivity contribution in [1.29, 1.82) is 0 Å². The van der Waals surface area contributed by atoms with Crippen molar-refractivity contribution in [1.82, 2.24) is 5.32 Å². The minimum absolute atomic E-state index is 0.292. The number of nitrogens with one attached hydrogen (secondary N) is 1. The molecule has 0 saturated heterocycles. The van der Waals surface area contributed by atoms with Crippen molar-refractivity contribution in [3.8, 4) is 0 Å². The molecule has 1 heterocycles. The fourth-order valence-corrected chi connectivity index (χ4v) is 3.17. The van der Waals surface area contributed by atoms with E-state index in [1.807, 2.05) is 7.05 Å². The maximum absolute atomic E-state index is 3.62. The minimum Gasteiger partial charge on any atom is -0.309 e. The van der Waals surface area contributed by atoms with Gasteiger partial charge in [-0.15, -0.1) is 11.3 Å². The molecule has 2 aromatic rings. The van der Waals surface area contributed by atoms with Crippen molar-refractivity contribution in [2.45, 2.75) is 19.9 Å². The van der Waals surface area contributed by atoms with E-state index in [0.29, 0.717) is 6.04 Å². The van der Waals surface area contributed by atoms with Crippen molar-refractivity contribution in [3.63, 3.8) is 0 Å². The lowest BCUT2D eigenvalue weighted by atomic mass is 10.0. The summed E-state index contributed by atoms with van der Waals surface area (Å²) in [6, 6.07) is 9.07. The molecule has 1 unspecified atom stereocenters. The van der Waals surface area contributed by atoms with Gasteiger partial charge in [0.05, 0.1) is 6.04 Å². The fourth-order valence-electron chi connectivity index (χ4n) is 2.07. The van der Waals surface area contributed by atoms with Crippen LogP contribution in [0.15, 0.2) is 34.1 Å². The Morgan fingerprint density at radius 2 is 1.88 bits per heavy atom. The van der Waals surface area contributed by atoms with Crippen LogP contribution in [0.1, 0.15) is 27.6 Å². The van der Waals surface area contributed by atoms with Gasteiger partial charge in [-0.2, -0.15) is 0 Å². The van der Waals surface area contributed by atoms with Gasteiger partial charge in [0.1, 0.15) is 0 Å². The normalized spacial score (nSPS) is 12.7. The number of hydrogen-bond donors (Lipinski definition) is 1. The quantitative estimate of drug-likeness (QED) is 0.884. The SMILES string of the molecule is CNC(c1cc(C)c(Br)c(C)c1)c1cccs1. The summed E-state index contributed by atoms with van der Waals surface area (Å²) in [5.74, 6) is 0. The Balaban J connectivity index is 2.45. The maximum atomic E-state index is 3.62. The van der Waals surface area contributed by atoms with Crippen molar-refractivity contribution < 1.29 is 0 Å². The predicted molar refractivity (Wildman–Crippen MR) is 78.8 cm³/mol. The summed E-state index contributed by atoms with van der Waals surface area (Å²) in [6.07, 6.45) is 0. The summed E-state index contributed by atoms with van der Waals surface area (Å²) >= 11 is 5.41. The molecule has 1 nitrogen and oxygen atoms in total. The molecule has 0 aliphatic carbocycles. The molecular formula is C14H16BrNS. The third kappa shape index (κ3) is 2.62. The zero-order valence-corrected chi connectivity index (χ0v) is 12.7. The highest BCUT2D eigenvalue weighted by Crippen LogP contribution is 2.30. The van der Waals surface area contributed by atoms with Gasteiger partial charge < -0.3 is 5.32 Å². The highest BCUT2D eigenvalue weighted by molar-refractivity contribution is 9.10. The average Bonchev–Trinajstić information content (AvgIpc) is 2.80. The van der Waals surface area contributed by atoms with Gasteiger partial charge >= 0.3 is 0 Å². The van der Waals surface area contributed by atoms with Gasteiger partial charge in [0.25, 0.3) is 0 Å². The van der Waals surface area contributed by atoms with Crippen molar-refractivity contribution in [2.75, 3.05) is 7.05 Å². The Morgan fingerprint density at radius 3 is 2.35 bits per heavy atom. The first-order chi connectivity index (χ1) is 8.13. The van der Waals surface area contributed by atoms with Gasteiger partial charge in [0.15, 0.2) is 0 Å². The van der Waals surface area contributed by atoms with E-state index >= 15 is 0 Å². The lowest BCUT2D eigenvalue weighted by Gasteiger charge is -2.17. The lowest BCUT2D eigenvalue weighted by molar-refractivity contribution is 0.702. The summed E-state index contributed by atoms with van der Waals surface area (Å²) in [4.78, 5) is 1.36. The number of aryl methyl sites for hydroxylation is 2. The molecule has 0 fully saturated rings. The molecule has 1 aromatic carbocycles. The maximum Gasteiger partial charge on any atom is 0.0668 e. The molecule has 3 heteroatoms. The Morgan fingerprint density at radius 1 is 1.24 bits per heavy atom. The number of thiophene rings is 1. The van der Waals surface area contributed by atoms with E-state index in [1.165, 1.54) is 26.0 Å². The number of hydrogen-bond acceptors (Lipinski definition) is 2. The van der Waals surface area contributed by atoms with Crippen LogP contribution in [0.2, 0.25) is 0 Å². The molecule has 0 aliphatic rings. The van der Waals surface area contributed by atoms with Crippen molar-refractivity contribution >= 4 is 27.3 Å². The molecule has 2 rings (SSSR count). The third-order valence-electron chi connectivity index (χ3n) is 2.91. The van der Waals surface area contributed by atoms with E-state index in [0.717, 1.165) is 0 Å². The third-order valence-corrected chi connectivity index (χ3v) is 5.10. The Hall–Kier alpha value is -0.640. The zero-order chi connectivity index (χ0) is 12.4. The summed E-state index contributed by atoms with van der Waals surface area (Å²) < 4.78 is 1.21. The molecule has 0 bridgehead atoms. The summed E-state index contributed by atoms with van der Waals surface area (Å²) in [5, 5.41) is 5.51. The van der Waals surface area contributed by atoms with Crippen LogP contribution in [0.5, 0.6) is 0 Å². The smallest absolute Gasteiger partial charge is 0.0668 e. The van der Waals surface area contributed by atoms with E-state index in [1.54, 1.807) is 11.3 Å². The molecule has 0 spiro atoms. The topological polar surface area (TPSA) is 12.0 Å². The van der Waals surface area contributed by atoms with Gasteiger partial charge in [0.2, 0.25) is 0 Å². The molecule has 90 valence electrons. The Kier molecular flexibility index (Phi) is 4.02. The van der Waals surface area contributed by atoms with Crippen molar-refractivity contribution in [3.05, 3.63) is 55.7 Å². The molecule has 0 radical (unpaired) electrons. The minimum atomic E-state index is 0.292. The highest BCUT2D eigenvalue weighted by Gasteiger charge is 2.14. The van der Waals surface area contributed by atoms with Crippen LogP contribution in [-0.2, 0) is 0 Å². The van der Waals surface area contributed by atoms with Gasteiger partial charge in [-0.05, 0) is 49.0 Å². The first kappa shape index (κ1) is 12.8. The van der Waals surface area contributed by atoms with E-state index in [-0.39, 0.29) is 0 Å². The van der Waals surface area contributed by atoms with Crippen LogP contribution < -0.4 is 5.32 Å². The van der Waals surface area contributed by atoms with Crippen LogP contribution in [0.25, 0.3) is 0 Å². The first-order valence-electron chi connectivity index (χ1n) is 5.60. The molecule has 1 aromatic heterocycles. The average molecular weight is 310 g/mol. The molecule has 1 atom stereocenters. The summed E-state index contributed by atoms with van der Waals surface area (Å²) in [6.45, 7) is 4.28. The Labute approximate surface area is 115 Å². The number of rotatable bonds is 3. The first-order valence-corrected chi connectivity index (χ1v) is 7.28. The number of benzene rings is 1. The van der Waals surface area contributed by atoms with Gasteiger partial charge in [-0.3, -0.25) is 0 Å². The van der Waals surface area contributed by atoms with E-state index in [9.17, 15) is 0 Å². The molecular weight excluding hydrogens is 294 g/mol. The highest BCUT2D eigenvalue weighted by atomic mass is 79.9. The van der Waals surface area contributed by atoms with Crippen LogP contribution in [0, 0.1) is 13.8 Å². The Bertz CT molecular complexity index is 482. The standard InChI is InChI=1S/C14H16BrNS/c1-9-7-11(8-10(2)13(9)15)14(16-3)12-5-4-6-17-12/h4-8,14,16H,1-3H3. The molecule has 0 aliphatic heterocycles. The molecule has 17 heavy (non-hydrogen) atoms. The fraction of sp³-hybridized carbons (Fsp3) is 0.286. The van der Waals surface area contributed by atoms with Crippen molar-refractivity contribution in [2.24, 2.45) is 0 Å². The summed E-state index contributed by atoms with van der Waals surface area (Å²) in [7, 11) is 2.01. The summed E-state index contributed by atoms with van der Waals surface area (Å²) in [5.41, 5.74) is 3.90. The number of halogens is 1. The van der Waals surface area contributed by atoms with E-state index < -0.39 is 0 Å². The van der Waals surface area contributed by atoms with Crippen LogP contribution in [0.4, 0.5) is 0 Å². The van der Waals surface area contributed by atoms with Gasteiger partial charge in [-0.1, -0.05) is 34.1 Å². The van der Waals surface area contributed by atoms with Crippen LogP contribution in [-0.4, -0.2) is 7.05 Å². The van der Waals surface area contributed by atoms with E-state index in [2.05, 4.69) is 64.7 Å². The van der Waals surface area contributed by atoms with E-state index in [4.69, 9.17) is 0 Å². The second kappa shape index (κ2) is 5.34.